The van der Waals surface area contributed by atoms with Crippen LogP contribution in [-0.2, 0) is 9.53 Å². The number of piperidine rings is 1. The molecular weight excluding hydrogens is 264 g/mol. The smallest absolute Gasteiger partial charge is 0.326 e. The Hall–Kier alpha value is -0.610. The lowest BCUT2D eigenvalue weighted by Crippen LogP contribution is -2.55. The van der Waals surface area contributed by atoms with E-state index in [9.17, 15) is 4.79 Å². The summed E-state index contributed by atoms with van der Waals surface area (Å²) in [5.41, 5.74) is -0.589. The van der Waals surface area contributed by atoms with E-state index >= 15 is 0 Å². The van der Waals surface area contributed by atoms with Crippen LogP contribution in [0.25, 0.3) is 0 Å². The summed E-state index contributed by atoms with van der Waals surface area (Å²) in [5.74, 6) is 1.37. The van der Waals surface area contributed by atoms with Crippen molar-refractivity contribution < 1.29 is 9.53 Å². The van der Waals surface area contributed by atoms with Gasteiger partial charge in [-0.3, -0.25) is 10.1 Å². The first-order valence-electron chi connectivity index (χ1n) is 8.44. The van der Waals surface area contributed by atoms with E-state index in [1.807, 2.05) is 13.8 Å². The fraction of sp³-hybridized carbons (Fsp3) is 0.941. The number of nitrogens with one attached hydrogen (secondary N) is 1. The fourth-order valence-electron chi connectivity index (χ4n) is 3.52. The van der Waals surface area contributed by atoms with Gasteiger partial charge in [-0.05, 0) is 52.4 Å². The van der Waals surface area contributed by atoms with Gasteiger partial charge in [-0.1, -0.05) is 13.8 Å². The van der Waals surface area contributed by atoms with Gasteiger partial charge in [0.05, 0.1) is 6.61 Å². The fourth-order valence-corrected chi connectivity index (χ4v) is 3.52. The summed E-state index contributed by atoms with van der Waals surface area (Å²) in [6.07, 6.45) is 2.11. The third-order valence-electron chi connectivity index (χ3n) is 4.21. The van der Waals surface area contributed by atoms with E-state index < -0.39 is 5.54 Å². The Balaban J connectivity index is 2.62. The van der Waals surface area contributed by atoms with E-state index in [4.69, 9.17) is 4.74 Å². The predicted octanol–water partition coefficient (Wildman–Crippen LogP) is 2.67. The van der Waals surface area contributed by atoms with Crippen LogP contribution in [0.3, 0.4) is 0 Å². The molecule has 21 heavy (non-hydrogen) atoms. The quantitative estimate of drug-likeness (QED) is 0.734. The molecule has 1 aliphatic rings. The lowest BCUT2D eigenvalue weighted by Gasteiger charge is -2.38. The molecule has 1 saturated heterocycles. The van der Waals surface area contributed by atoms with Crippen molar-refractivity contribution in [3.63, 3.8) is 0 Å². The van der Waals surface area contributed by atoms with Gasteiger partial charge in [0, 0.05) is 25.7 Å². The molecule has 0 spiro atoms. The molecule has 124 valence electrons. The minimum absolute atomic E-state index is 0.128. The summed E-state index contributed by atoms with van der Waals surface area (Å²) in [5, 5.41) is 3.40. The van der Waals surface area contributed by atoms with Crippen LogP contribution in [-0.4, -0.2) is 48.7 Å². The molecule has 0 radical (unpaired) electrons. The normalized spacial score (nSPS) is 26.6. The monoisotopic (exact) mass is 298 g/mol. The largest absolute Gasteiger partial charge is 0.465 e. The van der Waals surface area contributed by atoms with Crippen molar-refractivity contribution in [2.45, 2.75) is 66.0 Å². The molecule has 4 heteroatoms. The number of carbonyl (C=O) groups is 1. The number of rotatable bonds is 7. The maximum Gasteiger partial charge on any atom is 0.326 e. The van der Waals surface area contributed by atoms with Crippen molar-refractivity contribution in [1.82, 2.24) is 10.2 Å². The molecule has 3 unspecified atom stereocenters. The molecule has 0 aromatic carbocycles. The molecule has 0 amide bonds. The second-order valence-corrected chi connectivity index (χ2v) is 7.31. The molecule has 0 saturated carbocycles. The van der Waals surface area contributed by atoms with Crippen LogP contribution >= 0.6 is 0 Å². The zero-order chi connectivity index (χ0) is 16.0. The van der Waals surface area contributed by atoms with Crippen LogP contribution in [0.5, 0.6) is 0 Å². The van der Waals surface area contributed by atoms with Crippen molar-refractivity contribution in [3.8, 4) is 0 Å². The van der Waals surface area contributed by atoms with Crippen molar-refractivity contribution in [1.29, 1.82) is 0 Å². The Morgan fingerprint density at radius 1 is 1.33 bits per heavy atom. The number of esters is 1. The van der Waals surface area contributed by atoms with E-state index in [2.05, 4.69) is 37.9 Å². The Kier molecular flexibility index (Phi) is 7.14. The predicted molar refractivity (Wildman–Crippen MR) is 87.3 cm³/mol. The first-order chi connectivity index (χ1) is 9.76. The standard InChI is InChI=1S/C17H34N2O2/c1-7-21-16(20)17(6,18-13(2)3)8-9-19-11-14(4)10-15(5)12-19/h13-15,18H,7-12H2,1-6H3. The molecule has 1 aliphatic heterocycles. The van der Waals surface area contributed by atoms with Gasteiger partial charge in [0.1, 0.15) is 5.54 Å². The van der Waals surface area contributed by atoms with E-state index in [0.29, 0.717) is 6.61 Å². The molecule has 3 atom stereocenters. The minimum Gasteiger partial charge on any atom is -0.465 e. The van der Waals surface area contributed by atoms with Gasteiger partial charge in [-0.25, -0.2) is 0 Å². The van der Waals surface area contributed by atoms with Crippen LogP contribution < -0.4 is 5.32 Å². The number of likely N-dealkylation sites (tertiary alicyclic amines) is 1. The van der Waals surface area contributed by atoms with E-state index in [0.717, 1.165) is 37.9 Å². The van der Waals surface area contributed by atoms with Crippen LogP contribution in [0.15, 0.2) is 0 Å². The van der Waals surface area contributed by atoms with Crippen molar-refractivity contribution in [2.24, 2.45) is 11.8 Å². The van der Waals surface area contributed by atoms with Crippen molar-refractivity contribution in [3.05, 3.63) is 0 Å². The van der Waals surface area contributed by atoms with E-state index in [1.54, 1.807) is 0 Å². The number of carbonyl (C=O) groups excluding carboxylic acids is 1. The van der Waals surface area contributed by atoms with Gasteiger partial charge in [0.15, 0.2) is 0 Å². The van der Waals surface area contributed by atoms with Crippen LogP contribution in [0.2, 0.25) is 0 Å². The average molecular weight is 298 g/mol. The number of hydrogen-bond acceptors (Lipinski definition) is 4. The Morgan fingerprint density at radius 3 is 2.38 bits per heavy atom. The number of ether oxygens (including phenoxy) is 1. The molecule has 0 bridgehead atoms. The summed E-state index contributed by atoms with van der Waals surface area (Å²) >= 11 is 0. The zero-order valence-corrected chi connectivity index (χ0v) is 14.7. The van der Waals surface area contributed by atoms with E-state index in [-0.39, 0.29) is 12.0 Å². The maximum atomic E-state index is 12.3. The van der Waals surface area contributed by atoms with Gasteiger partial charge in [0.2, 0.25) is 0 Å². The average Bonchev–Trinajstić information content (AvgIpc) is 2.35. The number of hydrogen-bond donors (Lipinski definition) is 1. The summed E-state index contributed by atoms with van der Waals surface area (Å²) in [7, 11) is 0. The molecule has 1 heterocycles. The highest BCUT2D eigenvalue weighted by atomic mass is 16.5. The maximum absolute atomic E-state index is 12.3. The summed E-state index contributed by atoms with van der Waals surface area (Å²) in [6, 6.07) is 0.263. The van der Waals surface area contributed by atoms with Crippen molar-refractivity contribution >= 4 is 5.97 Å². The van der Waals surface area contributed by atoms with Gasteiger partial charge >= 0.3 is 5.97 Å². The van der Waals surface area contributed by atoms with Gasteiger partial charge in [-0.2, -0.15) is 0 Å². The topological polar surface area (TPSA) is 41.6 Å². The van der Waals surface area contributed by atoms with Crippen LogP contribution in [0.1, 0.15) is 54.4 Å². The van der Waals surface area contributed by atoms with E-state index in [1.165, 1.54) is 6.42 Å². The highest BCUT2D eigenvalue weighted by Gasteiger charge is 2.36. The summed E-state index contributed by atoms with van der Waals surface area (Å²) < 4.78 is 5.27. The minimum atomic E-state index is -0.589. The third-order valence-corrected chi connectivity index (χ3v) is 4.21. The zero-order valence-electron chi connectivity index (χ0n) is 14.7. The van der Waals surface area contributed by atoms with Crippen molar-refractivity contribution in [2.75, 3.05) is 26.2 Å². The molecule has 4 nitrogen and oxygen atoms in total. The molecule has 1 N–H and O–H groups in total. The Morgan fingerprint density at radius 2 is 1.90 bits per heavy atom. The SMILES string of the molecule is CCOC(=O)C(C)(CCN1CC(C)CC(C)C1)NC(C)C. The second-order valence-electron chi connectivity index (χ2n) is 7.31. The molecule has 1 rings (SSSR count). The molecule has 0 aromatic rings. The highest BCUT2D eigenvalue weighted by Crippen LogP contribution is 2.23. The molecule has 1 fully saturated rings. The second kappa shape index (κ2) is 8.14. The van der Waals surface area contributed by atoms with Gasteiger partial charge in [-0.15, -0.1) is 0 Å². The van der Waals surface area contributed by atoms with Crippen LogP contribution in [0.4, 0.5) is 0 Å². The summed E-state index contributed by atoms with van der Waals surface area (Å²) in [4.78, 5) is 14.8. The number of nitrogens with zero attached hydrogens (tertiary/aromatic N) is 1. The summed E-state index contributed by atoms with van der Waals surface area (Å²) in [6.45, 7) is 16.3. The highest BCUT2D eigenvalue weighted by molar-refractivity contribution is 5.80. The molecule has 0 aromatic heterocycles. The third kappa shape index (κ3) is 5.95. The molecular formula is C17H34N2O2. The van der Waals surface area contributed by atoms with Gasteiger partial charge < -0.3 is 9.64 Å². The Labute approximate surface area is 130 Å². The molecule has 0 aliphatic carbocycles. The lowest BCUT2D eigenvalue weighted by atomic mass is 9.90. The van der Waals surface area contributed by atoms with Gasteiger partial charge in [0.25, 0.3) is 0 Å². The Bertz CT molecular complexity index is 323. The first-order valence-corrected chi connectivity index (χ1v) is 8.44. The van der Waals surface area contributed by atoms with Crippen LogP contribution in [0, 0.1) is 11.8 Å². The lowest BCUT2D eigenvalue weighted by molar-refractivity contribution is -0.151. The first kappa shape index (κ1) is 18.4.